The monoisotopic (exact) mass is 276 g/mol. The quantitative estimate of drug-likeness (QED) is 0.794. The van der Waals surface area contributed by atoms with Crippen molar-refractivity contribution in [1.29, 1.82) is 0 Å². The predicted octanol–water partition coefficient (Wildman–Crippen LogP) is 0.714. The van der Waals surface area contributed by atoms with Crippen LogP contribution in [0.25, 0.3) is 0 Å². The van der Waals surface area contributed by atoms with E-state index in [1.807, 2.05) is 0 Å². The number of aliphatic hydroxyl groups is 1. The lowest BCUT2D eigenvalue weighted by atomic mass is 10.0. The molecule has 0 bridgehead atoms. The van der Waals surface area contributed by atoms with Gasteiger partial charge in [-0.2, -0.15) is 12.7 Å². The summed E-state index contributed by atoms with van der Waals surface area (Å²) in [6.07, 6.45) is 4.41. The molecule has 1 saturated heterocycles. The molecule has 0 aromatic carbocycles. The molecule has 0 aromatic heterocycles. The number of nitrogens with zero attached hydrogens (tertiary/aromatic N) is 1. The summed E-state index contributed by atoms with van der Waals surface area (Å²) in [6, 6.07) is 0. The number of aliphatic hydroxyl groups excluding tert-OH is 1. The van der Waals surface area contributed by atoms with Gasteiger partial charge in [0.15, 0.2) is 0 Å². The minimum Gasteiger partial charge on any atom is -0.393 e. The summed E-state index contributed by atoms with van der Waals surface area (Å²) >= 11 is 0. The van der Waals surface area contributed by atoms with Gasteiger partial charge < -0.3 is 5.11 Å². The second-order valence-corrected chi connectivity index (χ2v) is 7.47. The molecule has 0 radical (unpaired) electrons. The summed E-state index contributed by atoms with van der Waals surface area (Å²) in [4.78, 5) is 0. The average Bonchev–Trinajstić information content (AvgIpc) is 2.72. The van der Waals surface area contributed by atoms with E-state index in [0.29, 0.717) is 25.6 Å². The molecule has 6 heteroatoms. The third-order valence-corrected chi connectivity index (χ3v) is 5.65. The molecule has 0 spiro atoms. The van der Waals surface area contributed by atoms with Gasteiger partial charge in [-0.3, -0.25) is 0 Å². The highest BCUT2D eigenvalue weighted by Gasteiger charge is 2.30. The fourth-order valence-electron chi connectivity index (χ4n) is 2.92. The van der Waals surface area contributed by atoms with E-state index in [4.69, 9.17) is 0 Å². The van der Waals surface area contributed by atoms with Crippen molar-refractivity contribution in [2.75, 3.05) is 19.6 Å². The van der Waals surface area contributed by atoms with Crippen molar-refractivity contribution in [2.45, 2.75) is 45.1 Å². The Morgan fingerprint density at radius 1 is 1.28 bits per heavy atom. The lowest BCUT2D eigenvalue weighted by Gasteiger charge is -2.30. The topological polar surface area (TPSA) is 69.6 Å². The van der Waals surface area contributed by atoms with Gasteiger partial charge in [-0.15, -0.1) is 0 Å². The summed E-state index contributed by atoms with van der Waals surface area (Å²) in [5, 5.41) is 9.69. The Kier molecular flexibility index (Phi) is 4.64. The summed E-state index contributed by atoms with van der Waals surface area (Å²) in [5.74, 6) is 0.523. The molecular formula is C12H24N2O3S. The maximum Gasteiger partial charge on any atom is 0.279 e. The average molecular weight is 276 g/mol. The Hall–Kier alpha value is -0.170. The molecule has 5 nitrogen and oxygen atoms in total. The van der Waals surface area contributed by atoms with Gasteiger partial charge in [0.25, 0.3) is 10.2 Å². The third kappa shape index (κ3) is 3.44. The molecule has 0 amide bonds. The maximum absolute atomic E-state index is 12.1. The second-order valence-electron chi connectivity index (χ2n) is 5.72. The SMILES string of the molecule is CC1CCCN(S(=O)(=O)NCC2CCCC2O)C1. The molecule has 2 rings (SSSR count). The Morgan fingerprint density at radius 3 is 2.67 bits per heavy atom. The highest BCUT2D eigenvalue weighted by atomic mass is 32.2. The molecule has 18 heavy (non-hydrogen) atoms. The fourth-order valence-corrected chi connectivity index (χ4v) is 4.35. The zero-order chi connectivity index (χ0) is 13.2. The van der Waals surface area contributed by atoms with Crippen LogP contribution in [-0.4, -0.2) is 43.6 Å². The van der Waals surface area contributed by atoms with Crippen molar-refractivity contribution >= 4 is 10.2 Å². The van der Waals surface area contributed by atoms with E-state index in [1.165, 1.54) is 0 Å². The molecule has 2 aliphatic rings. The maximum atomic E-state index is 12.1. The Balaban J connectivity index is 1.86. The molecule has 3 unspecified atom stereocenters. The van der Waals surface area contributed by atoms with E-state index in [0.717, 1.165) is 32.1 Å². The van der Waals surface area contributed by atoms with E-state index in [-0.39, 0.29) is 12.0 Å². The van der Waals surface area contributed by atoms with Gasteiger partial charge in [0.2, 0.25) is 0 Å². The summed E-state index contributed by atoms with van der Waals surface area (Å²) in [7, 11) is -3.35. The number of nitrogens with one attached hydrogen (secondary N) is 1. The molecule has 106 valence electrons. The van der Waals surface area contributed by atoms with Crippen LogP contribution in [0.15, 0.2) is 0 Å². The highest BCUT2D eigenvalue weighted by molar-refractivity contribution is 7.87. The minimum absolute atomic E-state index is 0.0852. The second kappa shape index (κ2) is 5.86. The van der Waals surface area contributed by atoms with Crippen molar-refractivity contribution < 1.29 is 13.5 Å². The lowest BCUT2D eigenvalue weighted by molar-refractivity contribution is 0.134. The van der Waals surface area contributed by atoms with Crippen molar-refractivity contribution in [3.05, 3.63) is 0 Å². The van der Waals surface area contributed by atoms with Crippen molar-refractivity contribution in [3.8, 4) is 0 Å². The van der Waals surface area contributed by atoms with Gasteiger partial charge in [-0.05, 0) is 37.5 Å². The fraction of sp³-hybridized carbons (Fsp3) is 1.00. The van der Waals surface area contributed by atoms with Gasteiger partial charge in [0.1, 0.15) is 0 Å². The number of rotatable bonds is 4. The Morgan fingerprint density at radius 2 is 2.06 bits per heavy atom. The first kappa shape index (κ1) is 14.2. The molecule has 0 aromatic rings. The molecule has 3 atom stereocenters. The van der Waals surface area contributed by atoms with E-state index in [9.17, 15) is 13.5 Å². The van der Waals surface area contributed by atoms with Crippen LogP contribution >= 0.6 is 0 Å². The van der Waals surface area contributed by atoms with Crippen LogP contribution in [0.5, 0.6) is 0 Å². The first-order valence-electron chi connectivity index (χ1n) is 6.92. The van der Waals surface area contributed by atoms with Gasteiger partial charge in [-0.1, -0.05) is 13.3 Å². The Labute approximate surface area is 110 Å². The van der Waals surface area contributed by atoms with Crippen LogP contribution in [0.1, 0.15) is 39.0 Å². The van der Waals surface area contributed by atoms with E-state index in [2.05, 4.69) is 11.6 Å². The first-order chi connectivity index (χ1) is 8.49. The highest BCUT2D eigenvalue weighted by Crippen LogP contribution is 2.25. The van der Waals surface area contributed by atoms with Crippen LogP contribution in [-0.2, 0) is 10.2 Å². The number of hydrogen-bond acceptors (Lipinski definition) is 3. The summed E-state index contributed by atoms with van der Waals surface area (Å²) in [5.41, 5.74) is 0. The van der Waals surface area contributed by atoms with Crippen LogP contribution in [0.4, 0.5) is 0 Å². The summed E-state index contributed by atoms with van der Waals surface area (Å²) in [6.45, 7) is 3.69. The third-order valence-electron chi connectivity index (χ3n) is 4.11. The van der Waals surface area contributed by atoms with Crippen LogP contribution in [0.2, 0.25) is 0 Å². The van der Waals surface area contributed by atoms with Crippen molar-refractivity contribution in [1.82, 2.24) is 9.03 Å². The van der Waals surface area contributed by atoms with Gasteiger partial charge in [0, 0.05) is 19.6 Å². The van der Waals surface area contributed by atoms with Crippen molar-refractivity contribution in [3.63, 3.8) is 0 Å². The normalized spacial score (nSPS) is 34.9. The zero-order valence-electron chi connectivity index (χ0n) is 11.0. The molecule has 2 N–H and O–H groups in total. The smallest absolute Gasteiger partial charge is 0.279 e. The van der Waals surface area contributed by atoms with E-state index in [1.54, 1.807) is 4.31 Å². The molecular weight excluding hydrogens is 252 g/mol. The molecule has 2 fully saturated rings. The van der Waals surface area contributed by atoms with Crippen LogP contribution < -0.4 is 4.72 Å². The largest absolute Gasteiger partial charge is 0.393 e. The standard InChI is InChI=1S/C12H24N2O3S/c1-10-4-3-7-14(9-10)18(16,17)13-8-11-5-2-6-12(11)15/h10-13,15H,2-9H2,1H3. The van der Waals surface area contributed by atoms with Gasteiger partial charge >= 0.3 is 0 Å². The molecule has 1 aliphatic heterocycles. The number of piperidine rings is 1. The van der Waals surface area contributed by atoms with E-state index >= 15 is 0 Å². The van der Waals surface area contributed by atoms with E-state index < -0.39 is 10.2 Å². The molecule has 1 aliphatic carbocycles. The van der Waals surface area contributed by atoms with Gasteiger partial charge in [0.05, 0.1) is 6.10 Å². The Bertz CT molecular complexity index is 372. The lowest BCUT2D eigenvalue weighted by Crippen LogP contribution is -2.47. The van der Waals surface area contributed by atoms with Crippen LogP contribution in [0, 0.1) is 11.8 Å². The van der Waals surface area contributed by atoms with Gasteiger partial charge in [-0.25, -0.2) is 4.72 Å². The van der Waals surface area contributed by atoms with Crippen LogP contribution in [0.3, 0.4) is 0 Å². The minimum atomic E-state index is -3.35. The predicted molar refractivity (Wildman–Crippen MR) is 70.2 cm³/mol. The summed E-state index contributed by atoms with van der Waals surface area (Å²) < 4.78 is 28.5. The van der Waals surface area contributed by atoms with Crippen molar-refractivity contribution in [2.24, 2.45) is 11.8 Å². The zero-order valence-corrected chi connectivity index (χ0v) is 11.8. The molecule has 1 heterocycles. The first-order valence-corrected chi connectivity index (χ1v) is 8.36. The molecule has 1 saturated carbocycles. The number of hydrogen-bond donors (Lipinski definition) is 2.